The molecular formula is C21H20Si. The third-order valence-electron chi connectivity index (χ3n) is 4.96. The molecule has 108 valence electrons. The molecule has 0 bridgehead atoms. The summed E-state index contributed by atoms with van der Waals surface area (Å²) in [4.78, 5) is 0. The smallest absolute Gasteiger partial charge is 0.0623 e. The van der Waals surface area contributed by atoms with Crippen LogP contribution in [0.2, 0.25) is 13.1 Å². The summed E-state index contributed by atoms with van der Waals surface area (Å²) in [5.74, 6) is 0. The minimum atomic E-state index is -1.71. The largest absolute Gasteiger partial charge is 0.113 e. The average molecular weight is 300 g/mol. The van der Waals surface area contributed by atoms with Crippen molar-refractivity contribution in [3.8, 4) is 22.3 Å². The minimum absolute atomic E-state index is 1.36. The Balaban J connectivity index is 2.21. The Bertz CT molecular complexity index is 875. The van der Waals surface area contributed by atoms with E-state index in [-0.39, 0.29) is 0 Å². The molecule has 1 aliphatic rings. The summed E-state index contributed by atoms with van der Waals surface area (Å²) in [6, 6.07) is 24.8. The first-order chi connectivity index (χ1) is 10.6. The van der Waals surface area contributed by atoms with E-state index in [1.807, 2.05) is 0 Å². The maximum Gasteiger partial charge on any atom is 0.113 e. The quantitative estimate of drug-likeness (QED) is 0.538. The molecule has 3 aromatic rings. The molecule has 0 saturated carbocycles. The highest BCUT2D eigenvalue weighted by molar-refractivity contribution is 7.02. The molecule has 4 rings (SSSR count). The van der Waals surface area contributed by atoms with Gasteiger partial charge in [-0.05, 0) is 39.6 Å². The van der Waals surface area contributed by atoms with E-state index in [0.29, 0.717) is 0 Å². The van der Waals surface area contributed by atoms with Crippen LogP contribution in [0.15, 0.2) is 66.7 Å². The van der Waals surface area contributed by atoms with Gasteiger partial charge >= 0.3 is 0 Å². The van der Waals surface area contributed by atoms with Crippen LogP contribution in [0.3, 0.4) is 0 Å². The van der Waals surface area contributed by atoms with E-state index in [2.05, 4.69) is 86.7 Å². The molecule has 0 unspecified atom stereocenters. The van der Waals surface area contributed by atoms with Gasteiger partial charge in [0.15, 0.2) is 0 Å². The Morgan fingerprint density at radius 1 is 0.591 bits per heavy atom. The number of hydrogen-bond donors (Lipinski definition) is 0. The molecule has 1 heteroatoms. The molecule has 0 fully saturated rings. The van der Waals surface area contributed by atoms with Gasteiger partial charge in [0.25, 0.3) is 0 Å². The van der Waals surface area contributed by atoms with Crippen molar-refractivity contribution in [2.24, 2.45) is 0 Å². The predicted octanol–water partition coefficient (Wildman–Crippen LogP) is 4.47. The molecule has 0 spiro atoms. The van der Waals surface area contributed by atoms with Crippen molar-refractivity contribution < 1.29 is 0 Å². The van der Waals surface area contributed by atoms with E-state index in [1.54, 1.807) is 10.4 Å². The van der Waals surface area contributed by atoms with E-state index in [1.165, 1.54) is 27.8 Å². The highest BCUT2D eigenvalue weighted by Crippen LogP contribution is 2.35. The minimum Gasteiger partial charge on any atom is -0.0623 e. The lowest BCUT2D eigenvalue weighted by Crippen LogP contribution is -2.53. The molecule has 0 atom stereocenters. The number of aryl methyl sites for hydroxylation is 1. The zero-order valence-electron chi connectivity index (χ0n) is 13.4. The third kappa shape index (κ3) is 1.82. The molecular weight excluding hydrogens is 280 g/mol. The first-order valence-electron chi connectivity index (χ1n) is 7.89. The van der Waals surface area contributed by atoms with Gasteiger partial charge in [-0.15, -0.1) is 0 Å². The van der Waals surface area contributed by atoms with E-state index >= 15 is 0 Å². The number of benzene rings is 3. The van der Waals surface area contributed by atoms with Crippen LogP contribution in [-0.4, -0.2) is 8.07 Å². The second-order valence-electron chi connectivity index (χ2n) is 6.77. The van der Waals surface area contributed by atoms with Crippen LogP contribution in [0.4, 0.5) is 0 Å². The molecule has 3 aromatic carbocycles. The Labute approximate surface area is 133 Å². The molecule has 22 heavy (non-hydrogen) atoms. The van der Waals surface area contributed by atoms with Crippen LogP contribution >= 0.6 is 0 Å². The van der Waals surface area contributed by atoms with Gasteiger partial charge in [0.2, 0.25) is 0 Å². The monoisotopic (exact) mass is 300 g/mol. The normalized spacial score (nSPS) is 14.5. The number of fused-ring (bicyclic) bond motifs is 5. The van der Waals surface area contributed by atoms with Gasteiger partial charge in [-0.2, -0.15) is 0 Å². The zero-order chi connectivity index (χ0) is 15.3. The molecule has 0 nitrogen and oxygen atoms in total. The zero-order valence-corrected chi connectivity index (χ0v) is 14.4. The van der Waals surface area contributed by atoms with Crippen LogP contribution in [0.25, 0.3) is 22.3 Å². The van der Waals surface area contributed by atoms with E-state index in [4.69, 9.17) is 0 Å². The van der Waals surface area contributed by atoms with Crippen LogP contribution in [0.5, 0.6) is 0 Å². The molecule has 0 radical (unpaired) electrons. The van der Waals surface area contributed by atoms with Gasteiger partial charge in [0, 0.05) is 0 Å². The molecule has 1 heterocycles. The lowest BCUT2D eigenvalue weighted by Gasteiger charge is -2.26. The summed E-state index contributed by atoms with van der Waals surface area (Å²) >= 11 is 0. The average Bonchev–Trinajstić information content (AvgIpc) is 2.62. The van der Waals surface area contributed by atoms with E-state index in [9.17, 15) is 0 Å². The first kappa shape index (κ1) is 13.5. The van der Waals surface area contributed by atoms with Crippen LogP contribution < -0.4 is 10.4 Å². The van der Waals surface area contributed by atoms with Crippen molar-refractivity contribution in [1.29, 1.82) is 0 Å². The van der Waals surface area contributed by atoms with Gasteiger partial charge in [0.1, 0.15) is 8.07 Å². The summed E-state index contributed by atoms with van der Waals surface area (Å²) < 4.78 is 0. The number of hydrogen-bond acceptors (Lipinski definition) is 0. The molecule has 1 aliphatic heterocycles. The Kier molecular flexibility index (Phi) is 2.88. The summed E-state index contributed by atoms with van der Waals surface area (Å²) in [6.07, 6.45) is 0. The Morgan fingerprint density at radius 3 is 1.82 bits per heavy atom. The van der Waals surface area contributed by atoms with Crippen molar-refractivity contribution in [1.82, 2.24) is 0 Å². The van der Waals surface area contributed by atoms with Crippen LogP contribution in [0.1, 0.15) is 5.56 Å². The Morgan fingerprint density at radius 2 is 1.14 bits per heavy atom. The lowest BCUT2D eigenvalue weighted by molar-refractivity contribution is 1.48. The summed E-state index contributed by atoms with van der Waals surface area (Å²) in [6.45, 7) is 7.17. The molecule has 0 saturated heterocycles. The maximum atomic E-state index is 2.48. The van der Waals surface area contributed by atoms with Gasteiger partial charge in [0.05, 0.1) is 0 Å². The molecule has 0 N–H and O–H groups in total. The summed E-state index contributed by atoms with van der Waals surface area (Å²) in [5, 5.41) is 3.11. The predicted molar refractivity (Wildman–Crippen MR) is 98.8 cm³/mol. The third-order valence-corrected chi connectivity index (χ3v) is 8.50. The Hall–Kier alpha value is -2.12. The van der Waals surface area contributed by atoms with Gasteiger partial charge in [-0.25, -0.2) is 0 Å². The van der Waals surface area contributed by atoms with Crippen LogP contribution in [-0.2, 0) is 0 Å². The standard InChI is InChI=1S/C21H20Si/c1-15-12-13-19-17-9-5-4-8-16(17)18-10-6-7-11-20(18)22(2,3)21(19)14-15/h4-14H,1-3H3. The number of rotatable bonds is 0. The highest BCUT2D eigenvalue weighted by atomic mass is 28.3. The van der Waals surface area contributed by atoms with Gasteiger partial charge in [-0.3, -0.25) is 0 Å². The van der Waals surface area contributed by atoms with Crippen molar-refractivity contribution in [2.75, 3.05) is 0 Å². The first-order valence-corrected chi connectivity index (χ1v) is 10.9. The van der Waals surface area contributed by atoms with Crippen molar-refractivity contribution >= 4 is 18.4 Å². The maximum absolute atomic E-state index is 2.48. The lowest BCUT2D eigenvalue weighted by atomic mass is 9.94. The van der Waals surface area contributed by atoms with Crippen molar-refractivity contribution in [2.45, 2.75) is 20.0 Å². The fraction of sp³-hybridized carbons (Fsp3) is 0.143. The molecule has 0 aliphatic carbocycles. The van der Waals surface area contributed by atoms with Crippen molar-refractivity contribution in [3.05, 3.63) is 72.3 Å². The van der Waals surface area contributed by atoms with Crippen LogP contribution in [0, 0.1) is 6.92 Å². The van der Waals surface area contributed by atoms with E-state index < -0.39 is 8.07 Å². The highest BCUT2D eigenvalue weighted by Gasteiger charge is 2.34. The van der Waals surface area contributed by atoms with Gasteiger partial charge in [-0.1, -0.05) is 85.4 Å². The molecule has 0 aromatic heterocycles. The van der Waals surface area contributed by atoms with Gasteiger partial charge < -0.3 is 0 Å². The molecule has 0 amide bonds. The van der Waals surface area contributed by atoms with E-state index in [0.717, 1.165) is 0 Å². The topological polar surface area (TPSA) is 0 Å². The second-order valence-corrected chi connectivity index (χ2v) is 11.1. The fourth-order valence-corrected chi connectivity index (χ4v) is 6.95. The SMILES string of the molecule is Cc1ccc2c(c1)[Si](C)(C)c1ccccc1-c1ccccc1-2. The van der Waals surface area contributed by atoms with Crippen molar-refractivity contribution in [3.63, 3.8) is 0 Å². The fourth-order valence-electron chi connectivity index (χ4n) is 3.77. The summed E-state index contributed by atoms with van der Waals surface area (Å²) in [7, 11) is -1.71. The second kappa shape index (κ2) is 4.69. The summed E-state index contributed by atoms with van der Waals surface area (Å²) in [5.41, 5.74) is 6.96.